The SMILES string of the molecule is Cc1cc(C)c(-c2c(F)cccc2F)c(SC(F)(F)C(F)(F)C(F)(F)F)c1. The van der Waals surface area contributed by atoms with Gasteiger partial charge in [0.1, 0.15) is 11.6 Å². The normalized spacial score (nSPS) is 13.1. The van der Waals surface area contributed by atoms with E-state index in [1.807, 2.05) is 0 Å². The fraction of sp³-hybridized carbons (Fsp3) is 0.294. The number of hydrogen-bond acceptors (Lipinski definition) is 1. The van der Waals surface area contributed by atoms with Crippen molar-refractivity contribution in [1.82, 2.24) is 0 Å². The van der Waals surface area contributed by atoms with Crippen LogP contribution in [0.25, 0.3) is 11.1 Å². The third kappa shape index (κ3) is 3.90. The van der Waals surface area contributed by atoms with Crippen molar-refractivity contribution in [3.8, 4) is 11.1 Å². The highest BCUT2D eigenvalue weighted by molar-refractivity contribution is 8.00. The lowest BCUT2D eigenvalue weighted by Crippen LogP contribution is -2.49. The number of benzene rings is 2. The monoisotopic (exact) mass is 418 g/mol. The van der Waals surface area contributed by atoms with Gasteiger partial charge in [0.25, 0.3) is 0 Å². The standard InChI is InChI=1S/C17H11F9S/c1-8-6-9(2)13(14-10(18)4-3-5-11(14)19)12(7-8)27-17(25,26)15(20,21)16(22,23)24/h3-7H,1-2H3. The Balaban J connectivity index is 2.69. The molecule has 0 aliphatic carbocycles. The first-order valence-corrected chi connectivity index (χ1v) is 8.07. The van der Waals surface area contributed by atoms with Gasteiger partial charge in [0.15, 0.2) is 0 Å². The quantitative estimate of drug-likeness (QED) is 0.376. The number of rotatable bonds is 4. The molecule has 2 aromatic carbocycles. The summed E-state index contributed by atoms with van der Waals surface area (Å²) in [5, 5.41) is -5.61. The third-order valence-corrected chi connectivity index (χ3v) is 4.67. The second-order valence-corrected chi connectivity index (χ2v) is 6.90. The molecule has 0 fully saturated rings. The summed E-state index contributed by atoms with van der Waals surface area (Å²) in [7, 11) is 0. The predicted octanol–water partition coefficient (Wildman–Crippen LogP) is 7.13. The van der Waals surface area contributed by atoms with Crippen molar-refractivity contribution < 1.29 is 39.5 Å². The molecule has 27 heavy (non-hydrogen) atoms. The minimum atomic E-state index is -6.51. The van der Waals surface area contributed by atoms with Crippen LogP contribution >= 0.6 is 11.8 Å². The van der Waals surface area contributed by atoms with Crippen LogP contribution in [-0.4, -0.2) is 17.4 Å². The van der Waals surface area contributed by atoms with E-state index in [-0.39, 0.29) is 11.1 Å². The van der Waals surface area contributed by atoms with Gasteiger partial charge in [0, 0.05) is 10.5 Å². The molecule has 0 N–H and O–H groups in total. The van der Waals surface area contributed by atoms with Crippen molar-refractivity contribution >= 4 is 11.8 Å². The Kier molecular flexibility index (Phi) is 5.53. The highest BCUT2D eigenvalue weighted by Gasteiger charge is 2.73. The van der Waals surface area contributed by atoms with Gasteiger partial charge in [-0.15, -0.1) is 0 Å². The maximum Gasteiger partial charge on any atom is 0.460 e. The zero-order chi connectivity index (χ0) is 20.8. The summed E-state index contributed by atoms with van der Waals surface area (Å²) in [4.78, 5) is -0.801. The molecule has 0 aliphatic rings. The average molecular weight is 418 g/mol. The fourth-order valence-corrected chi connectivity index (χ4v) is 3.56. The molecule has 0 radical (unpaired) electrons. The van der Waals surface area contributed by atoms with Crippen LogP contribution in [0, 0.1) is 25.5 Å². The van der Waals surface area contributed by atoms with Gasteiger partial charge in [0.05, 0.1) is 5.56 Å². The molecule has 0 saturated heterocycles. The number of alkyl halides is 7. The molecule has 0 amide bonds. The number of halogens is 9. The van der Waals surface area contributed by atoms with Crippen molar-refractivity contribution in [2.45, 2.75) is 36.1 Å². The second kappa shape index (κ2) is 6.96. The molecule has 0 spiro atoms. The second-order valence-electron chi connectivity index (χ2n) is 5.74. The predicted molar refractivity (Wildman–Crippen MR) is 83.1 cm³/mol. The van der Waals surface area contributed by atoms with Gasteiger partial charge in [0.2, 0.25) is 0 Å². The maximum absolute atomic E-state index is 14.1. The fourth-order valence-electron chi connectivity index (χ4n) is 2.43. The molecular formula is C17H11F9S. The van der Waals surface area contributed by atoms with E-state index in [1.165, 1.54) is 19.9 Å². The summed E-state index contributed by atoms with van der Waals surface area (Å²) in [6, 6.07) is 4.84. The van der Waals surface area contributed by atoms with E-state index in [0.29, 0.717) is 0 Å². The summed E-state index contributed by atoms with van der Waals surface area (Å²) in [6.07, 6.45) is -6.51. The lowest BCUT2D eigenvalue weighted by molar-refractivity contribution is -0.330. The minimum Gasteiger partial charge on any atom is -0.206 e. The van der Waals surface area contributed by atoms with E-state index in [4.69, 9.17) is 0 Å². The van der Waals surface area contributed by atoms with Crippen molar-refractivity contribution in [2.24, 2.45) is 0 Å². The molecule has 148 valence electrons. The Labute approximate surface area is 152 Å². The molecule has 0 bridgehead atoms. The maximum atomic E-state index is 14.1. The molecule has 0 aromatic heterocycles. The van der Waals surface area contributed by atoms with Gasteiger partial charge >= 0.3 is 17.4 Å². The topological polar surface area (TPSA) is 0 Å². The molecule has 2 rings (SSSR count). The summed E-state index contributed by atoms with van der Waals surface area (Å²) in [5.74, 6) is -8.70. The largest absolute Gasteiger partial charge is 0.460 e. The molecule has 0 heterocycles. The van der Waals surface area contributed by atoms with Gasteiger partial charge in [-0.3, -0.25) is 0 Å². The van der Waals surface area contributed by atoms with Gasteiger partial charge in [-0.1, -0.05) is 12.1 Å². The lowest BCUT2D eigenvalue weighted by atomic mass is 9.97. The Morgan fingerprint density at radius 1 is 0.778 bits per heavy atom. The van der Waals surface area contributed by atoms with Crippen LogP contribution in [0.15, 0.2) is 35.2 Å². The van der Waals surface area contributed by atoms with E-state index in [0.717, 1.165) is 24.3 Å². The highest BCUT2D eigenvalue weighted by atomic mass is 32.2. The smallest absolute Gasteiger partial charge is 0.206 e. The highest BCUT2D eigenvalue weighted by Crippen LogP contribution is 2.55. The Bertz CT molecular complexity index is 836. The third-order valence-electron chi connectivity index (χ3n) is 3.62. The van der Waals surface area contributed by atoms with Crippen LogP contribution in [0.2, 0.25) is 0 Å². The van der Waals surface area contributed by atoms with E-state index in [9.17, 15) is 39.5 Å². The van der Waals surface area contributed by atoms with Crippen molar-refractivity contribution in [2.75, 3.05) is 0 Å². The summed E-state index contributed by atoms with van der Waals surface area (Å²) >= 11 is -1.09. The van der Waals surface area contributed by atoms with Gasteiger partial charge in [-0.25, -0.2) is 8.78 Å². The molecule has 0 unspecified atom stereocenters. The molecule has 0 atom stereocenters. The number of aryl methyl sites for hydroxylation is 2. The number of hydrogen-bond donors (Lipinski definition) is 0. The van der Waals surface area contributed by atoms with Gasteiger partial charge < -0.3 is 0 Å². The van der Waals surface area contributed by atoms with Crippen molar-refractivity contribution in [1.29, 1.82) is 0 Å². The molecular weight excluding hydrogens is 407 g/mol. The first kappa shape index (κ1) is 21.5. The molecule has 0 saturated carbocycles. The zero-order valence-corrected chi connectivity index (χ0v) is 14.5. The molecule has 0 nitrogen and oxygen atoms in total. The minimum absolute atomic E-state index is 0.0348. The summed E-state index contributed by atoms with van der Waals surface area (Å²) in [5.41, 5.74) is -1.03. The Morgan fingerprint density at radius 2 is 1.30 bits per heavy atom. The van der Waals surface area contributed by atoms with E-state index in [1.54, 1.807) is 0 Å². The first-order chi connectivity index (χ1) is 12.2. The van der Waals surface area contributed by atoms with Crippen LogP contribution in [0.5, 0.6) is 0 Å². The van der Waals surface area contributed by atoms with Crippen LogP contribution in [0.4, 0.5) is 39.5 Å². The van der Waals surface area contributed by atoms with E-state index < -0.39 is 56.8 Å². The molecule has 2 aromatic rings. The van der Waals surface area contributed by atoms with E-state index in [2.05, 4.69) is 0 Å². The average Bonchev–Trinajstić information content (AvgIpc) is 2.47. The van der Waals surface area contributed by atoms with E-state index >= 15 is 0 Å². The summed E-state index contributed by atoms with van der Waals surface area (Å²) < 4.78 is 119. The van der Waals surface area contributed by atoms with Gasteiger partial charge in [-0.2, -0.15) is 30.7 Å². The molecule has 10 heteroatoms. The van der Waals surface area contributed by atoms with Gasteiger partial charge in [-0.05, 0) is 54.9 Å². The molecule has 0 aliphatic heterocycles. The lowest BCUT2D eigenvalue weighted by Gasteiger charge is -2.28. The Morgan fingerprint density at radius 3 is 1.78 bits per heavy atom. The Hall–Kier alpha value is -1.84. The van der Waals surface area contributed by atoms with Crippen molar-refractivity contribution in [3.63, 3.8) is 0 Å². The van der Waals surface area contributed by atoms with Crippen LogP contribution < -0.4 is 0 Å². The number of thioether (sulfide) groups is 1. The summed E-state index contributed by atoms with van der Waals surface area (Å²) in [6.45, 7) is 2.65. The zero-order valence-electron chi connectivity index (χ0n) is 13.7. The van der Waals surface area contributed by atoms with Crippen LogP contribution in [-0.2, 0) is 0 Å². The van der Waals surface area contributed by atoms with Crippen LogP contribution in [0.1, 0.15) is 11.1 Å². The van der Waals surface area contributed by atoms with Crippen LogP contribution in [0.3, 0.4) is 0 Å². The van der Waals surface area contributed by atoms with Crippen molar-refractivity contribution in [3.05, 3.63) is 53.1 Å². The first-order valence-electron chi connectivity index (χ1n) is 7.26.